The molecule has 2 N–H and O–H groups in total. The summed E-state index contributed by atoms with van der Waals surface area (Å²) in [5.74, 6) is 3.42. The minimum Gasteiger partial charge on any atom is -1.00 e. The van der Waals surface area contributed by atoms with Gasteiger partial charge in [-0.2, -0.15) is 0 Å². The lowest BCUT2D eigenvalue weighted by Crippen LogP contribution is -3.00. The highest BCUT2D eigenvalue weighted by Gasteiger charge is 2.61. The lowest BCUT2D eigenvalue weighted by atomic mass is 9.46. The Bertz CT molecular complexity index is 693. The van der Waals surface area contributed by atoms with Crippen LogP contribution in [-0.2, 0) is 6.42 Å². The molecule has 1 aromatic carbocycles. The number of hydrogen-bond donors (Lipinski definition) is 1. The highest BCUT2D eigenvalue weighted by Crippen LogP contribution is 2.67. The molecule has 0 aromatic heterocycles. The third-order valence-corrected chi connectivity index (χ3v) is 7.93. The fraction of sp³-hybridized carbons (Fsp3) is 0.714. The number of methoxy groups -OCH3 is 2. The summed E-state index contributed by atoms with van der Waals surface area (Å²) in [5.41, 5.74) is 3.30. The molecule has 4 aliphatic carbocycles. The Morgan fingerprint density at radius 1 is 1.04 bits per heavy atom. The second kappa shape index (κ2) is 6.46. The third kappa shape index (κ3) is 2.73. The normalized spacial score (nSPS) is 39.9. The molecule has 4 bridgehead atoms. The van der Waals surface area contributed by atoms with Crippen molar-refractivity contribution in [3.63, 3.8) is 0 Å². The van der Waals surface area contributed by atoms with Gasteiger partial charge in [0.25, 0.3) is 0 Å². The smallest absolute Gasteiger partial charge is 0.161 e. The molecule has 3 nitrogen and oxygen atoms in total. The lowest BCUT2D eigenvalue weighted by Gasteiger charge is -2.61. The Kier molecular flexibility index (Phi) is 4.65. The molecule has 5 heteroatoms. The van der Waals surface area contributed by atoms with Crippen LogP contribution in [0.4, 0.5) is 0 Å². The average Bonchev–Trinajstić information content (AvgIpc) is 2.57. The monoisotopic (exact) mass is 397 g/mol. The van der Waals surface area contributed by atoms with Crippen LogP contribution in [0.15, 0.2) is 12.1 Å². The Morgan fingerprint density at radius 2 is 1.69 bits per heavy atom. The summed E-state index contributed by atoms with van der Waals surface area (Å²) in [6, 6.07) is 5.00. The van der Waals surface area contributed by atoms with Crippen molar-refractivity contribution in [2.75, 3.05) is 20.8 Å². The molecule has 5 aliphatic rings. The van der Waals surface area contributed by atoms with E-state index in [0.717, 1.165) is 29.8 Å². The van der Waals surface area contributed by atoms with E-state index in [1.165, 1.54) is 56.2 Å². The van der Waals surface area contributed by atoms with E-state index in [1.54, 1.807) is 14.2 Å². The Hall–Kier alpha value is -0.640. The maximum absolute atomic E-state index is 7.11. The van der Waals surface area contributed by atoms with Crippen molar-refractivity contribution in [1.29, 1.82) is 0 Å². The first-order valence-electron chi connectivity index (χ1n) is 9.81. The number of rotatable bonds is 3. The van der Waals surface area contributed by atoms with Gasteiger partial charge in [0.1, 0.15) is 6.04 Å². The van der Waals surface area contributed by atoms with Gasteiger partial charge in [0.15, 0.2) is 11.5 Å². The van der Waals surface area contributed by atoms with Crippen LogP contribution in [0.3, 0.4) is 0 Å². The zero-order valence-electron chi connectivity index (χ0n) is 15.7. The van der Waals surface area contributed by atoms with E-state index in [2.05, 4.69) is 17.4 Å². The van der Waals surface area contributed by atoms with Crippen LogP contribution < -0.4 is 27.2 Å². The van der Waals surface area contributed by atoms with Gasteiger partial charge in [-0.15, -0.1) is 11.6 Å². The van der Waals surface area contributed by atoms with Crippen LogP contribution in [0.2, 0.25) is 0 Å². The summed E-state index contributed by atoms with van der Waals surface area (Å²) in [4.78, 5) is 0.0755. The molecular weight excluding hydrogens is 369 g/mol. The Morgan fingerprint density at radius 3 is 2.31 bits per heavy atom. The number of ether oxygens (including phenoxy) is 2. The van der Waals surface area contributed by atoms with Crippen molar-refractivity contribution in [1.82, 2.24) is 0 Å². The van der Waals surface area contributed by atoms with Gasteiger partial charge in [0, 0.05) is 22.3 Å². The first kappa shape index (κ1) is 18.7. The molecule has 1 aromatic rings. The maximum Gasteiger partial charge on any atom is 0.161 e. The molecule has 26 heavy (non-hydrogen) atoms. The molecule has 144 valence electrons. The summed E-state index contributed by atoms with van der Waals surface area (Å²) in [7, 11) is 3.47. The number of benzene rings is 1. The van der Waals surface area contributed by atoms with Gasteiger partial charge < -0.3 is 27.2 Å². The second-order valence-electron chi connectivity index (χ2n) is 9.13. The Balaban J connectivity index is 0.00000168. The molecule has 0 radical (unpaired) electrons. The van der Waals surface area contributed by atoms with Crippen LogP contribution in [-0.4, -0.2) is 25.6 Å². The molecule has 1 aliphatic heterocycles. The molecule has 4 fully saturated rings. The first-order valence-corrected chi connectivity index (χ1v) is 10.2. The zero-order chi connectivity index (χ0) is 17.2. The number of alkyl halides is 1. The number of hydrogen-bond acceptors (Lipinski definition) is 2. The quantitative estimate of drug-likeness (QED) is 0.751. The minimum atomic E-state index is 0. The summed E-state index contributed by atoms with van der Waals surface area (Å²) in [6.45, 7) is 1.17. The van der Waals surface area contributed by atoms with Crippen molar-refractivity contribution in [3.05, 3.63) is 23.3 Å². The van der Waals surface area contributed by atoms with E-state index in [0.29, 0.717) is 11.5 Å². The van der Waals surface area contributed by atoms with Crippen LogP contribution >= 0.6 is 11.6 Å². The maximum atomic E-state index is 7.11. The lowest BCUT2D eigenvalue weighted by molar-refractivity contribution is -0.716. The number of nitrogens with two attached hydrogens (primary N) is 1. The fourth-order valence-corrected chi connectivity index (χ4v) is 7.84. The van der Waals surface area contributed by atoms with Gasteiger partial charge in [-0.05, 0) is 68.1 Å². The van der Waals surface area contributed by atoms with E-state index in [9.17, 15) is 0 Å². The van der Waals surface area contributed by atoms with Crippen molar-refractivity contribution in [3.8, 4) is 11.5 Å². The molecule has 3 unspecified atom stereocenters. The van der Waals surface area contributed by atoms with Crippen LogP contribution in [0, 0.1) is 17.3 Å². The van der Waals surface area contributed by atoms with Gasteiger partial charge in [0.2, 0.25) is 0 Å². The van der Waals surface area contributed by atoms with E-state index < -0.39 is 0 Å². The molecule has 3 atom stereocenters. The summed E-state index contributed by atoms with van der Waals surface area (Å²) in [5, 5.41) is 2.60. The van der Waals surface area contributed by atoms with Crippen molar-refractivity contribution < 1.29 is 27.2 Å². The zero-order valence-corrected chi connectivity index (χ0v) is 17.2. The highest BCUT2D eigenvalue weighted by molar-refractivity contribution is 6.24. The summed E-state index contributed by atoms with van der Waals surface area (Å²) in [6.07, 6.45) is 8.96. The van der Waals surface area contributed by atoms with Gasteiger partial charge in [-0.25, -0.2) is 0 Å². The van der Waals surface area contributed by atoms with Crippen molar-refractivity contribution >= 4 is 11.6 Å². The fourth-order valence-electron chi connectivity index (χ4n) is 7.14. The molecule has 4 saturated carbocycles. The summed E-state index contributed by atoms with van der Waals surface area (Å²) < 4.78 is 11.2. The van der Waals surface area contributed by atoms with Gasteiger partial charge in [-0.1, -0.05) is 0 Å². The largest absolute Gasteiger partial charge is 1.00 e. The standard InChI is InChI=1S/C21H28ClNO2.ClH/c1-24-17-6-15-3-4-23-19(16(15)7-18(17)25-2)20-8-13-5-14(9-20)11-21(22,10-13)12-20;/h6-7,13-14,19,23H,3-5,8-12H2,1-2H3;1H. The highest BCUT2D eigenvalue weighted by atomic mass is 35.5. The molecular formula is C21H29Cl2NO2. The third-order valence-electron chi connectivity index (χ3n) is 7.49. The molecule has 0 saturated heterocycles. The molecule has 6 rings (SSSR count). The number of fused-ring (bicyclic) bond motifs is 1. The molecule has 0 amide bonds. The number of quaternary nitrogens is 1. The topological polar surface area (TPSA) is 35.1 Å². The predicted octanol–water partition coefficient (Wildman–Crippen LogP) is 0.446. The molecule has 1 heterocycles. The summed E-state index contributed by atoms with van der Waals surface area (Å²) >= 11 is 7.11. The predicted molar refractivity (Wildman–Crippen MR) is 98.5 cm³/mol. The van der Waals surface area contributed by atoms with Crippen molar-refractivity contribution in [2.24, 2.45) is 17.3 Å². The van der Waals surface area contributed by atoms with Crippen molar-refractivity contribution in [2.45, 2.75) is 55.9 Å². The van der Waals surface area contributed by atoms with E-state index in [4.69, 9.17) is 21.1 Å². The van der Waals surface area contributed by atoms with E-state index in [1.807, 2.05) is 0 Å². The van der Waals surface area contributed by atoms with Crippen LogP contribution in [0.5, 0.6) is 11.5 Å². The SMILES string of the molecule is COc1cc2c(cc1OC)C(C13CC4CC(CC(Cl)(C4)C1)C3)[NH2+]CC2.[Cl-]. The first-order chi connectivity index (χ1) is 12.0. The van der Waals surface area contributed by atoms with Crippen LogP contribution in [0.25, 0.3) is 0 Å². The number of halogens is 2. The Labute approximate surface area is 167 Å². The second-order valence-corrected chi connectivity index (χ2v) is 9.93. The average molecular weight is 398 g/mol. The van der Waals surface area contributed by atoms with E-state index in [-0.39, 0.29) is 17.3 Å². The van der Waals surface area contributed by atoms with Gasteiger partial charge in [-0.3, -0.25) is 0 Å². The van der Waals surface area contributed by atoms with Gasteiger partial charge >= 0.3 is 0 Å². The van der Waals surface area contributed by atoms with Crippen LogP contribution in [0.1, 0.15) is 55.7 Å². The van der Waals surface area contributed by atoms with Gasteiger partial charge in [0.05, 0.1) is 20.8 Å². The van der Waals surface area contributed by atoms with E-state index >= 15 is 0 Å². The minimum absolute atomic E-state index is 0. The molecule has 0 spiro atoms.